The molecule has 0 saturated heterocycles. The monoisotopic (exact) mass is 428 g/mol. The fourth-order valence-corrected chi connectivity index (χ4v) is 4.48. The largest absolute Gasteiger partial charge is 0.496 e. The second-order valence-electron chi connectivity index (χ2n) is 3.53. The lowest BCUT2D eigenvalue weighted by molar-refractivity contribution is 0.410. The minimum Gasteiger partial charge on any atom is -0.496 e. The van der Waals surface area contributed by atoms with Crippen molar-refractivity contribution in [2.45, 2.75) is 4.83 Å². The number of hydrogen-bond acceptors (Lipinski definition) is 2. The molecule has 0 amide bonds. The molecule has 0 fully saturated rings. The van der Waals surface area contributed by atoms with Crippen LogP contribution in [0.4, 0.5) is 0 Å². The molecule has 0 saturated carbocycles. The van der Waals surface area contributed by atoms with Crippen LogP contribution in [0.25, 0.3) is 0 Å². The molecule has 0 aliphatic rings. The summed E-state index contributed by atoms with van der Waals surface area (Å²) in [6, 6.07) is 7.75. The Bertz CT molecular complexity index is 571. The van der Waals surface area contributed by atoms with Crippen LogP contribution in [-0.2, 0) is 0 Å². The predicted molar refractivity (Wildman–Crippen MR) is 85.8 cm³/mol. The van der Waals surface area contributed by atoms with Crippen molar-refractivity contribution in [1.82, 2.24) is 0 Å². The Morgan fingerprint density at radius 1 is 1.22 bits per heavy atom. The highest BCUT2D eigenvalue weighted by molar-refractivity contribution is 9.10. The van der Waals surface area contributed by atoms with E-state index in [1.807, 2.05) is 24.3 Å². The number of hydrogen-bond donors (Lipinski definition) is 0. The molecule has 0 N–H and O–H groups in total. The summed E-state index contributed by atoms with van der Waals surface area (Å²) in [4.78, 5) is -0.0446. The molecule has 0 aliphatic carbocycles. The molecule has 2 aromatic rings. The summed E-state index contributed by atoms with van der Waals surface area (Å²) in [5, 5.41) is 0. The molecule has 0 bridgehead atoms. The van der Waals surface area contributed by atoms with Gasteiger partial charge in [-0.15, -0.1) is 11.3 Å². The van der Waals surface area contributed by atoms with E-state index in [0.717, 1.165) is 21.3 Å². The van der Waals surface area contributed by atoms with Gasteiger partial charge in [0.1, 0.15) is 5.75 Å². The van der Waals surface area contributed by atoms with Gasteiger partial charge in [-0.2, -0.15) is 0 Å². The van der Waals surface area contributed by atoms with Crippen molar-refractivity contribution in [3.8, 4) is 5.75 Å². The third kappa shape index (κ3) is 3.05. The van der Waals surface area contributed by atoms with Crippen molar-refractivity contribution < 1.29 is 4.74 Å². The first-order chi connectivity index (χ1) is 8.52. The number of halogens is 4. The zero-order chi connectivity index (χ0) is 13.3. The Hall–Kier alpha value is 0.260. The smallest absolute Gasteiger partial charge is 0.124 e. The van der Waals surface area contributed by atoms with Crippen LogP contribution in [0.3, 0.4) is 0 Å². The highest BCUT2D eigenvalue weighted by Gasteiger charge is 2.20. The van der Waals surface area contributed by atoms with E-state index >= 15 is 0 Å². The molecule has 1 nitrogen and oxygen atoms in total. The van der Waals surface area contributed by atoms with E-state index in [1.54, 1.807) is 7.11 Å². The Morgan fingerprint density at radius 2 is 1.94 bits per heavy atom. The Kier molecular flexibility index (Phi) is 5.00. The van der Waals surface area contributed by atoms with E-state index in [2.05, 4.69) is 31.9 Å². The number of benzene rings is 1. The second kappa shape index (κ2) is 6.14. The number of alkyl halides is 1. The first-order valence-electron chi connectivity index (χ1n) is 4.95. The van der Waals surface area contributed by atoms with Gasteiger partial charge < -0.3 is 4.74 Å². The topological polar surface area (TPSA) is 9.23 Å². The molecule has 1 aromatic carbocycles. The summed E-state index contributed by atoms with van der Waals surface area (Å²) >= 11 is 20.6. The predicted octanol–water partition coefficient (Wildman–Crippen LogP) is 6.31. The molecular formula is C12H8Br2Cl2OS. The lowest BCUT2D eigenvalue weighted by atomic mass is 10.1. The molecular weight excluding hydrogens is 423 g/mol. The summed E-state index contributed by atoms with van der Waals surface area (Å²) in [5.41, 5.74) is 1.96. The van der Waals surface area contributed by atoms with Crippen LogP contribution in [0.1, 0.15) is 16.0 Å². The first kappa shape index (κ1) is 14.7. The molecule has 1 aromatic heterocycles. The number of ether oxygens (including phenoxy) is 1. The molecule has 0 spiro atoms. The average molecular weight is 431 g/mol. The molecule has 0 aliphatic heterocycles. The van der Waals surface area contributed by atoms with Crippen LogP contribution in [0.15, 0.2) is 28.7 Å². The van der Waals surface area contributed by atoms with Gasteiger partial charge in [0.05, 0.1) is 20.6 Å². The second-order valence-corrected chi connectivity index (χ2v) is 7.65. The number of methoxy groups -OCH3 is 1. The lowest BCUT2D eigenvalue weighted by Gasteiger charge is -2.14. The molecule has 2 rings (SSSR count). The summed E-state index contributed by atoms with van der Waals surface area (Å²) in [7, 11) is 1.65. The van der Waals surface area contributed by atoms with Gasteiger partial charge in [0.15, 0.2) is 0 Å². The summed E-state index contributed by atoms with van der Waals surface area (Å²) in [6.45, 7) is 0. The summed E-state index contributed by atoms with van der Waals surface area (Å²) < 4.78 is 7.72. The lowest BCUT2D eigenvalue weighted by Crippen LogP contribution is -1.96. The average Bonchev–Trinajstić information content (AvgIpc) is 2.67. The number of rotatable bonds is 3. The zero-order valence-electron chi connectivity index (χ0n) is 9.22. The van der Waals surface area contributed by atoms with E-state index in [0.29, 0.717) is 8.67 Å². The van der Waals surface area contributed by atoms with E-state index in [-0.39, 0.29) is 4.83 Å². The van der Waals surface area contributed by atoms with Crippen molar-refractivity contribution in [2.24, 2.45) is 0 Å². The molecule has 18 heavy (non-hydrogen) atoms. The first-order valence-corrected chi connectivity index (χ1v) is 8.23. The van der Waals surface area contributed by atoms with Gasteiger partial charge in [-0.1, -0.05) is 61.1 Å². The van der Waals surface area contributed by atoms with Crippen LogP contribution in [0.2, 0.25) is 8.67 Å². The number of thiophene rings is 1. The molecule has 0 radical (unpaired) electrons. The van der Waals surface area contributed by atoms with Gasteiger partial charge in [0, 0.05) is 15.6 Å². The third-order valence-corrected chi connectivity index (χ3v) is 5.42. The van der Waals surface area contributed by atoms with Gasteiger partial charge in [-0.25, -0.2) is 0 Å². The van der Waals surface area contributed by atoms with Gasteiger partial charge in [-0.3, -0.25) is 0 Å². The van der Waals surface area contributed by atoms with Crippen molar-refractivity contribution in [3.63, 3.8) is 0 Å². The third-order valence-electron chi connectivity index (χ3n) is 2.42. The van der Waals surface area contributed by atoms with E-state index in [4.69, 9.17) is 27.9 Å². The van der Waals surface area contributed by atoms with E-state index < -0.39 is 0 Å². The Labute approximate surface area is 136 Å². The molecule has 6 heteroatoms. The minimum absolute atomic E-state index is 0.0446. The van der Waals surface area contributed by atoms with E-state index in [9.17, 15) is 0 Å². The molecule has 1 heterocycles. The van der Waals surface area contributed by atoms with Crippen molar-refractivity contribution >= 4 is 66.4 Å². The normalized spacial score (nSPS) is 12.5. The minimum atomic E-state index is -0.0446. The fourth-order valence-electron chi connectivity index (χ4n) is 1.59. The van der Waals surface area contributed by atoms with Crippen molar-refractivity contribution in [3.05, 3.63) is 48.5 Å². The molecule has 96 valence electrons. The SMILES string of the molecule is COc1cc(Br)ccc1C(Br)c1cc(Cl)sc1Cl. The van der Waals surface area contributed by atoms with Crippen LogP contribution in [0.5, 0.6) is 5.75 Å². The van der Waals surface area contributed by atoms with Gasteiger partial charge in [0.25, 0.3) is 0 Å². The van der Waals surface area contributed by atoms with Crippen molar-refractivity contribution in [2.75, 3.05) is 7.11 Å². The fraction of sp³-hybridized carbons (Fsp3) is 0.167. The Morgan fingerprint density at radius 3 is 2.50 bits per heavy atom. The molecule has 1 atom stereocenters. The standard InChI is InChI=1S/C12H8Br2Cl2OS/c1-17-9-4-6(13)2-3-7(9)11(14)8-5-10(15)18-12(8)16/h2-5,11H,1H3. The summed E-state index contributed by atoms with van der Waals surface area (Å²) in [6.07, 6.45) is 0. The summed E-state index contributed by atoms with van der Waals surface area (Å²) in [5.74, 6) is 0.796. The van der Waals surface area contributed by atoms with E-state index in [1.165, 1.54) is 11.3 Å². The van der Waals surface area contributed by atoms with Crippen LogP contribution in [-0.4, -0.2) is 7.11 Å². The maximum absolute atomic E-state index is 6.17. The van der Waals surface area contributed by atoms with Gasteiger partial charge in [0.2, 0.25) is 0 Å². The maximum atomic E-state index is 6.17. The highest BCUT2D eigenvalue weighted by Crippen LogP contribution is 2.44. The van der Waals surface area contributed by atoms with Crippen molar-refractivity contribution in [1.29, 1.82) is 0 Å². The maximum Gasteiger partial charge on any atom is 0.124 e. The van der Waals surface area contributed by atoms with Crippen LogP contribution >= 0.6 is 66.4 Å². The quantitative estimate of drug-likeness (QED) is 0.518. The van der Waals surface area contributed by atoms with Gasteiger partial charge in [-0.05, 0) is 18.2 Å². The zero-order valence-corrected chi connectivity index (χ0v) is 14.7. The van der Waals surface area contributed by atoms with Crippen LogP contribution in [0, 0.1) is 0 Å². The highest BCUT2D eigenvalue weighted by atomic mass is 79.9. The van der Waals surface area contributed by atoms with Crippen LogP contribution < -0.4 is 4.74 Å². The van der Waals surface area contributed by atoms with Gasteiger partial charge >= 0.3 is 0 Å². The molecule has 1 unspecified atom stereocenters. The Balaban J connectivity index is 2.45.